The third-order valence-corrected chi connectivity index (χ3v) is 2.82. The zero-order chi connectivity index (χ0) is 16.8. The summed E-state index contributed by atoms with van der Waals surface area (Å²) in [6.45, 7) is 2.10. The van der Waals surface area contributed by atoms with Gasteiger partial charge in [0.15, 0.2) is 5.69 Å². The lowest BCUT2D eigenvalue weighted by molar-refractivity contribution is -0.116. The van der Waals surface area contributed by atoms with Gasteiger partial charge in [-0.25, -0.2) is 9.48 Å². The van der Waals surface area contributed by atoms with Crippen molar-refractivity contribution < 1.29 is 24.2 Å². The van der Waals surface area contributed by atoms with Crippen LogP contribution in [0, 0.1) is 0 Å². The average Bonchev–Trinajstić information content (AvgIpc) is 2.97. The van der Waals surface area contributed by atoms with Gasteiger partial charge in [0.2, 0.25) is 5.91 Å². The lowest BCUT2D eigenvalue weighted by atomic mass is 10.2. The highest BCUT2D eigenvalue weighted by atomic mass is 16.5. The maximum Gasteiger partial charge on any atom is 0.358 e. The molecule has 1 heterocycles. The number of carboxylic acids is 1. The van der Waals surface area contributed by atoms with Gasteiger partial charge in [0.1, 0.15) is 18.0 Å². The van der Waals surface area contributed by atoms with Crippen LogP contribution in [0.4, 0.5) is 5.69 Å². The minimum atomic E-state index is -1.21. The van der Waals surface area contributed by atoms with Crippen molar-refractivity contribution in [3.63, 3.8) is 0 Å². The van der Waals surface area contributed by atoms with Crippen molar-refractivity contribution in [1.29, 1.82) is 0 Å². The summed E-state index contributed by atoms with van der Waals surface area (Å²) in [4.78, 5) is 22.8. The SMILES string of the molecule is CCOc1ccc(OC)cc1NC(=O)Cn1cc(C(=O)O)nn1. The van der Waals surface area contributed by atoms with E-state index in [1.165, 1.54) is 13.3 Å². The molecule has 2 rings (SSSR count). The molecule has 122 valence electrons. The molecule has 0 aliphatic carbocycles. The van der Waals surface area contributed by atoms with Crippen LogP contribution in [0.2, 0.25) is 0 Å². The standard InChI is InChI=1S/C14H16N4O5/c1-3-23-12-5-4-9(22-2)6-10(12)15-13(19)8-18-7-11(14(20)21)16-17-18/h4-7H,3,8H2,1-2H3,(H,15,19)(H,20,21). The molecule has 0 atom stereocenters. The molecule has 0 unspecified atom stereocenters. The van der Waals surface area contributed by atoms with Crippen molar-refractivity contribution in [3.05, 3.63) is 30.1 Å². The lowest BCUT2D eigenvalue weighted by Crippen LogP contribution is -2.19. The van der Waals surface area contributed by atoms with Crippen LogP contribution in [0.3, 0.4) is 0 Å². The van der Waals surface area contributed by atoms with E-state index in [2.05, 4.69) is 15.6 Å². The third-order valence-electron chi connectivity index (χ3n) is 2.82. The molecule has 0 spiro atoms. The summed E-state index contributed by atoms with van der Waals surface area (Å²) in [5.41, 5.74) is 0.226. The van der Waals surface area contributed by atoms with E-state index >= 15 is 0 Å². The molecule has 0 radical (unpaired) electrons. The summed E-state index contributed by atoms with van der Waals surface area (Å²) in [6, 6.07) is 5.04. The summed E-state index contributed by atoms with van der Waals surface area (Å²) in [6.07, 6.45) is 1.18. The number of hydrogen-bond acceptors (Lipinski definition) is 6. The van der Waals surface area contributed by atoms with E-state index in [4.69, 9.17) is 14.6 Å². The molecule has 1 aromatic carbocycles. The number of nitrogens with one attached hydrogen (secondary N) is 1. The maximum atomic E-state index is 12.1. The van der Waals surface area contributed by atoms with Crippen LogP contribution in [0.1, 0.15) is 17.4 Å². The van der Waals surface area contributed by atoms with Crippen molar-refractivity contribution in [2.45, 2.75) is 13.5 Å². The number of carboxylic acid groups (broad SMARTS) is 1. The van der Waals surface area contributed by atoms with E-state index in [0.717, 1.165) is 4.68 Å². The number of methoxy groups -OCH3 is 1. The van der Waals surface area contributed by atoms with Crippen LogP contribution < -0.4 is 14.8 Å². The number of aromatic carboxylic acids is 1. The molecule has 23 heavy (non-hydrogen) atoms. The van der Waals surface area contributed by atoms with Crippen LogP contribution in [0.5, 0.6) is 11.5 Å². The first-order chi connectivity index (χ1) is 11.0. The van der Waals surface area contributed by atoms with Gasteiger partial charge < -0.3 is 19.9 Å². The van der Waals surface area contributed by atoms with Gasteiger partial charge in [-0.15, -0.1) is 5.10 Å². The summed E-state index contributed by atoms with van der Waals surface area (Å²) < 4.78 is 11.7. The maximum absolute atomic E-state index is 12.1. The van der Waals surface area contributed by atoms with Crippen molar-refractivity contribution >= 4 is 17.6 Å². The number of nitrogens with zero attached hydrogens (tertiary/aromatic N) is 3. The minimum Gasteiger partial charge on any atom is -0.497 e. The molecule has 0 bridgehead atoms. The largest absolute Gasteiger partial charge is 0.497 e. The second-order valence-electron chi connectivity index (χ2n) is 4.45. The molecular formula is C14H16N4O5. The number of benzene rings is 1. The van der Waals surface area contributed by atoms with Gasteiger partial charge in [-0.1, -0.05) is 5.21 Å². The van der Waals surface area contributed by atoms with Crippen molar-refractivity contribution in [1.82, 2.24) is 15.0 Å². The monoisotopic (exact) mass is 320 g/mol. The van der Waals surface area contributed by atoms with Gasteiger partial charge >= 0.3 is 5.97 Å². The predicted octanol–water partition coefficient (Wildman–Crippen LogP) is 1.02. The summed E-state index contributed by atoms with van der Waals surface area (Å²) in [7, 11) is 1.52. The highest BCUT2D eigenvalue weighted by Crippen LogP contribution is 2.29. The molecule has 9 nitrogen and oxygen atoms in total. The quantitative estimate of drug-likeness (QED) is 0.782. The molecule has 0 saturated carbocycles. The number of carbonyl (C=O) groups excluding carboxylic acids is 1. The normalized spacial score (nSPS) is 10.2. The number of rotatable bonds is 7. The first kappa shape index (κ1) is 16.3. The van der Waals surface area contributed by atoms with Crippen LogP contribution in [0.25, 0.3) is 0 Å². The second kappa shape index (κ2) is 7.25. The van der Waals surface area contributed by atoms with Gasteiger partial charge in [0, 0.05) is 6.07 Å². The van der Waals surface area contributed by atoms with Gasteiger partial charge in [0.25, 0.3) is 0 Å². The zero-order valence-corrected chi connectivity index (χ0v) is 12.6. The molecule has 1 aromatic heterocycles. The average molecular weight is 320 g/mol. The fourth-order valence-electron chi connectivity index (χ4n) is 1.83. The van der Waals surface area contributed by atoms with Crippen LogP contribution in [0.15, 0.2) is 24.4 Å². The lowest BCUT2D eigenvalue weighted by Gasteiger charge is -2.12. The number of amides is 1. The van der Waals surface area contributed by atoms with E-state index < -0.39 is 11.9 Å². The van der Waals surface area contributed by atoms with E-state index in [1.807, 2.05) is 6.92 Å². The summed E-state index contributed by atoms with van der Waals surface area (Å²) in [5, 5.41) is 18.5. The van der Waals surface area contributed by atoms with E-state index in [9.17, 15) is 9.59 Å². The summed E-state index contributed by atoms with van der Waals surface area (Å²) in [5.74, 6) is -0.534. The van der Waals surface area contributed by atoms with Crippen molar-refractivity contribution in [2.24, 2.45) is 0 Å². The molecule has 0 saturated heterocycles. The molecule has 2 aromatic rings. The first-order valence-electron chi connectivity index (χ1n) is 6.77. The number of carbonyl (C=O) groups is 2. The van der Waals surface area contributed by atoms with Crippen molar-refractivity contribution in [3.8, 4) is 11.5 Å². The number of hydrogen-bond donors (Lipinski definition) is 2. The Bertz CT molecular complexity index is 713. The number of aromatic nitrogens is 3. The van der Waals surface area contributed by atoms with Crippen molar-refractivity contribution in [2.75, 3.05) is 19.0 Å². The Hall–Kier alpha value is -3.10. The molecule has 2 N–H and O–H groups in total. The minimum absolute atomic E-state index is 0.178. The third kappa shape index (κ3) is 4.19. The van der Waals surface area contributed by atoms with Gasteiger partial charge in [-0.2, -0.15) is 0 Å². The second-order valence-corrected chi connectivity index (χ2v) is 4.45. The molecule has 0 aliphatic rings. The Morgan fingerprint density at radius 2 is 2.17 bits per heavy atom. The molecule has 1 amide bonds. The Morgan fingerprint density at radius 1 is 1.39 bits per heavy atom. The molecule has 0 fully saturated rings. The van der Waals surface area contributed by atoms with Gasteiger partial charge in [-0.3, -0.25) is 4.79 Å². The predicted molar refractivity (Wildman–Crippen MR) is 79.8 cm³/mol. The Labute approximate surface area is 131 Å². The Balaban J connectivity index is 2.10. The fourth-order valence-corrected chi connectivity index (χ4v) is 1.83. The van der Waals surface area contributed by atoms with E-state index in [1.54, 1.807) is 18.2 Å². The first-order valence-corrected chi connectivity index (χ1v) is 6.77. The van der Waals surface area contributed by atoms with Gasteiger partial charge in [-0.05, 0) is 19.1 Å². The topological polar surface area (TPSA) is 116 Å². The van der Waals surface area contributed by atoms with Gasteiger partial charge in [0.05, 0.1) is 25.6 Å². The zero-order valence-electron chi connectivity index (χ0n) is 12.6. The Kier molecular flexibility index (Phi) is 5.13. The number of anilines is 1. The molecular weight excluding hydrogens is 304 g/mol. The smallest absolute Gasteiger partial charge is 0.358 e. The highest BCUT2D eigenvalue weighted by Gasteiger charge is 2.13. The van der Waals surface area contributed by atoms with Crippen LogP contribution in [-0.4, -0.2) is 45.7 Å². The highest BCUT2D eigenvalue weighted by molar-refractivity contribution is 5.92. The van der Waals surface area contributed by atoms with Crippen LogP contribution in [-0.2, 0) is 11.3 Å². The van der Waals surface area contributed by atoms with Crippen LogP contribution >= 0.6 is 0 Å². The molecule has 0 aliphatic heterocycles. The number of ether oxygens (including phenoxy) is 2. The van der Waals surface area contributed by atoms with E-state index in [-0.39, 0.29) is 12.2 Å². The Morgan fingerprint density at radius 3 is 2.78 bits per heavy atom. The fraction of sp³-hybridized carbons (Fsp3) is 0.286. The summed E-state index contributed by atoms with van der Waals surface area (Å²) >= 11 is 0. The van der Waals surface area contributed by atoms with E-state index in [0.29, 0.717) is 23.8 Å². The molecule has 9 heteroatoms.